The van der Waals surface area contributed by atoms with E-state index in [4.69, 9.17) is 5.11 Å². The van der Waals surface area contributed by atoms with Gasteiger partial charge < -0.3 is 10.2 Å². The Hall–Kier alpha value is -2.62. The molecule has 0 bridgehead atoms. The Kier molecular flexibility index (Phi) is 3.10. The van der Waals surface area contributed by atoms with Crippen molar-refractivity contribution in [2.45, 2.75) is 0 Å². The van der Waals surface area contributed by atoms with Crippen LogP contribution in [0.3, 0.4) is 0 Å². The summed E-state index contributed by atoms with van der Waals surface area (Å²) in [7, 11) is 0. The number of hydrogen-bond donors (Lipinski definition) is 2. The van der Waals surface area contributed by atoms with Gasteiger partial charge in [-0.3, -0.25) is 4.79 Å². The van der Waals surface area contributed by atoms with Crippen LogP contribution in [0.5, 0.6) is 5.75 Å². The summed E-state index contributed by atoms with van der Waals surface area (Å²) < 4.78 is 0. The third-order valence-electron chi connectivity index (χ3n) is 2.64. The Labute approximate surface area is 103 Å². The van der Waals surface area contributed by atoms with Crippen molar-refractivity contribution < 1.29 is 19.8 Å². The molecule has 0 aliphatic carbocycles. The number of phenols is 1. The highest BCUT2D eigenvalue weighted by Crippen LogP contribution is 2.32. The Balaban J connectivity index is 2.84. The van der Waals surface area contributed by atoms with Crippen molar-refractivity contribution in [3.63, 3.8) is 0 Å². The molecule has 0 aliphatic heterocycles. The molecule has 4 heteroatoms. The number of allylic oxidation sites excluding steroid dienone is 1. The van der Waals surface area contributed by atoms with Crippen LogP contribution in [0.2, 0.25) is 0 Å². The molecular weight excluding hydrogens is 232 g/mol. The first kappa shape index (κ1) is 11.9. The molecule has 0 spiro atoms. The first-order valence-corrected chi connectivity index (χ1v) is 5.25. The van der Waals surface area contributed by atoms with Gasteiger partial charge in [0.15, 0.2) is 0 Å². The largest absolute Gasteiger partial charge is 0.507 e. The van der Waals surface area contributed by atoms with Crippen LogP contribution in [0.15, 0.2) is 42.5 Å². The number of hydrogen-bond acceptors (Lipinski definition) is 3. The lowest BCUT2D eigenvalue weighted by Gasteiger charge is -2.09. The molecule has 0 aromatic heterocycles. The maximum absolute atomic E-state index is 11.1. The minimum atomic E-state index is -1.26. The van der Waals surface area contributed by atoms with Crippen LogP contribution in [0, 0.1) is 0 Å². The highest BCUT2D eigenvalue weighted by molar-refractivity contribution is 6.22. The topological polar surface area (TPSA) is 74.6 Å². The fourth-order valence-corrected chi connectivity index (χ4v) is 1.87. The van der Waals surface area contributed by atoms with Crippen LogP contribution in [-0.4, -0.2) is 22.5 Å². The number of carbonyl (C=O) groups excluding carboxylic acids is 1. The van der Waals surface area contributed by atoms with Crippen molar-refractivity contribution in [2.75, 3.05) is 0 Å². The summed E-state index contributed by atoms with van der Waals surface area (Å²) in [6.07, 6.45) is 1.33. The second-order valence-corrected chi connectivity index (χ2v) is 3.70. The molecule has 0 atom stereocenters. The van der Waals surface area contributed by atoms with Gasteiger partial charge in [-0.1, -0.05) is 30.3 Å². The van der Waals surface area contributed by atoms with Gasteiger partial charge in [0, 0.05) is 5.56 Å². The lowest BCUT2D eigenvalue weighted by atomic mass is 9.97. The van der Waals surface area contributed by atoms with Gasteiger partial charge in [-0.05, 0) is 22.9 Å². The Morgan fingerprint density at radius 3 is 2.50 bits per heavy atom. The van der Waals surface area contributed by atoms with Crippen molar-refractivity contribution in [1.29, 1.82) is 0 Å². The Bertz CT molecular complexity index is 656. The number of fused-ring (bicyclic) bond motifs is 1. The molecule has 0 fully saturated rings. The standard InChI is InChI=1S/C14H10O4/c15-8-7-11(14(17)18)13-10-4-2-1-3-9(10)5-6-12(13)16/h1-8,16H,(H,17,18)/b11-7+. The van der Waals surface area contributed by atoms with Crippen LogP contribution < -0.4 is 0 Å². The monoisotopic (exact) mass is 242 g/mol. The summed E-state index contributed by atoms with van der Waals surface area (Å²) in [6, 6.07) is 10.2. The van der Waals surface area contributed by atoms with E-state index in [1.54, 1.807) is 24.3 Å². The molecule has 2 aromatic rings. The van der Waals surface area contributed by atoms with E-state index in [9.17, 15) is 14.7 Å². The number of benzene rings is 2. The van der Waals surface area contributed by atoms with Gasteiger partial charge in [0.25, 0.3) is 0 Å². The number of aldehydes is 1. The van der Waals surface area contributed by atoms with Crippen LogP contribution in [0.25, 0.3) is 16.3 Å². The van der Waals surface area contributed by atoms with Gasteiger partial charge >= 0.3 is 5.97 Å². The van der Waals surface area contributed by atoms with E-state index in [1.807, 2.05) is 6.07 Å². The van der Waals surface area contributed by atoms with E-state index in [2.05, 4.69) is 0 Å². The van der Waals surface area contributed by atoms with Gasteiger partial charge in [0.2, 0.25) is 0 Å². The summed E-state index contributed by atoms with van der Waals surface area (Å²) in [5, 5.41) is 20.3. The zero-order valence-corrected chi connectivity index (χ0v) is 9.33. The summed E-state index contributed by atoms with van der Waals surface area (Å²) in [6.45, 7) is 0. The molecule has 4 nitrogen and oxygen atoms in total. The normalized spacial score (nSPS) is 11.4. The van der Waals surface area contributed by atoms with E-state index in [0.29, 0.717) is 11.7 Å². The zero-order valence-electron chi connectivity index (χ0n) is 9.33. The number of carbonyl (C=O) groups is 2. The zero-order chi connectivity index (χ0) is 13.1. The quantitative estimate of drug-likeness (QED) is 0.639. The van der Waals surface area contributed by atoms with E-state index in [-0.39, 0.29) is 16.9 Å². The average molecular weight is 242 g/mol. The third kappa shape index (κ3) is 1.96. The van der Waals surface area contributed by atoms with Gasteiger partial charge in [0.05, 0.1) is 5.57 Å². The second kappa shape index (κ2) is 4.71. The fraction of sp³-hybridized carbons (Fsp3) is 0. The lowest BCUT2D eigenvalue weighted by Crippen LogP contribution is -2.01. The van der Waals surface area contributed by atoms with Gasteiger partial charge in [-0.2, -0.15) is 0 Å². The predicted molar refractivity (Wildman–Crippen MR) is 67.3 cm³/mol. The highest BCUT2D eigenvalue weighted by Gasteiger charge is 2.17. The molecule has 2 aromatic carbocycles. The van der Waals surface area contributed by atoms with Crippen molar-refractivity contribution in [3.8, 4) is 5.75 Å². The number of aromatic hydroxyl groups is 1. The molecule has 2 N–H and O–H groups in total. The number of phenolic OH excluding ortho intramolecular Hbond substituents is 1. The van der Waals surface area contributed by atoms with Gasteiger partial charge in [-0.15, -0.1) is 0 Å². The molecule has 90 valence electrons. The smallest absolute Gasteiger partial charge is 0.336 e. The van der Waals surface area contributed by atoms with Crippen LogP contribution in [-0.2, 0) is 9.59 Å². The molecule has 0 amide bonds. The Morgan fingerprint density at radius 1 is 1.11 bits per heavy atom. The lowest BCUT2D eigenvalue weighted by molar-refractivity contribution is -0.130. The number of aliphatic carboxylic acids is 1. The van der Waals surface area contributed by atoms with Crippen LogP contribution >= 0.6 is 0 Å². The van der Waals surface area contributed by atoms with Crippen molar-refractivity contribution >= 4 is 28.6 Å². The van der Waals surface area contributed by atoms with E-state index < -0.39 is 5.97 Å². The second-order valence-electron chi connectivity index (χ2n) is 3.70. The maximum Gasteiger partial charge on any atom is 0.336 e. The van der Waals surface area contributed by atoms with Crippen molar-refractivity contribution in [2.24, 2.45) is 0 Å². The molecule has 0 saturated carbocycles. The molecular formula is C14H10O4. The molecule has 2 rings (SSSR count). The fourth-order valence-electron chi connectivity index (χ4n) is 1.87. The summed E-state index contributed by atoms with van der Waals surface area (Å²) in [5.41, 5.74) is -0.0630. The first-order valence-electron chi connectivity index (χ1n) is 5.25. The predicted octanol–water partition coefficient (Wildman–Crippen LogP) is 2.21. The van der Waals surface area contributed by atoms with Gasteiger partial charge in [-0.25, -0.2) is 4.79 Å². The van der Waals surface area contributed by atoms with Crippen molar-refractivity contribution in [1.82, 2.24) is 0 Å². The summed E-state index contributed by atoms with van der Waals surface area (Å²) >= 11 is 0. The first-order chi connectivity index (χ1) is 8.65. The summed E-state index contributed by atoms with van der Waals surface area (Å²) in [4.78, 5) is 21.7. The summed E-state index contributed by atoms with van der Waals surface area (Å²) in [5.74, 6) is -1.42. The molecule has 0 radical (unpaired) electrons. The molecule has 0 heterocycles. The minimum Gasteiger partial charge on any atom is -0.507 e. The SMILES string of the molecule is O=C/C=C(/C(=O)O)c1c(O)ccc2ccccc12. The van der Waals surface area contributed by atoms with Crippen LogP contribution in [0.4, 0.5) is 0 Å². The third-order valence-corrected chi connectivity index (χ3v) is 2.64. The molecule has 0 aliphatic rings. The van der Waals surface area contributed by atoms with E-state index in [1.165, 1.54) is 6.07 Å². The maximum atomic E-state index is 11.1. The van der Waals surface area contributed by atoms with E-state index in [0.717, 1.165) is 11.5 Å². The minimum absolute atomic E-state index is 0.160. The van der Waals surface area contributed by atoms with Crippen LogP contribution in [0.1, 0.15) is 5.56 Å². The van der Waals surface area contributed by atoms with E-state index >= 15 is 0 Å². The van der Waals surface area contributed by atoms with Crippen molar-refractivity contribution in [3.05, 3.63) is 48.0 Å². The Morgan fingerprint density at radius 2 is 1.83 bits per heavy atom. The molecule has 0 unspecified atom stereocenters. The number of carboxylic acid groups (broad SMARTS) is 1. The number of carboxylic acids is 1. The average Bonchev–Trinajstić information content (AvgIpc) is 2.36. The molecule has 18 heavy (non-hydrogen) atoms. The number of rotatable bonds is 3. The van der Waals surface area contributed by atoms with Gasteiger partial charge in [0.1, 0.15) is 12.0 Å². The highest BCUT2D eigenvalue weighted by atomic mass is 16.4. The molecule has 0 saturated heterocycles.